The smallest absolute Gasteiger partial charge is 0.0910 e. The third-order valence-corrected chi connectivity index (χ3v) is 3.34. The summed E-state index contributed by atoms with van der Waals surface area (Å²) in [7, 11) is 0. The molecule has 0 spiro atoms. The molecule has 0 aromatic heterocycles. The summed E-state index contributed by atoms with van der Waals surface area (Å²) in [4.78, 5) is 0. The van der Waals surface area contributed by atoms with Gasteiger partial charge in [0.1, 0.15) is 0 Å². The normalized spacial score (nSPS) is 19.2. The molecule has 0 radical (unpaired) electrons. The lowest BCUT2D eigenvalue weighted by Gasteiger charge is -2.10. The van der Waals surface area contributed by atoms with Crippen LogP contribution >= 0.6 is 31.9 Å². The number of benzene rings is 1. The van der Waals surface area contributed by atoms with Crippen LogP contribution in [0, 0.1) is 0 Å². The number of aliphatic hydroxyl groups is 1. The molecule has 1 fully saturated rings. The van der Waals surface area contributed by atoms with Crippen LogP contribution in [-0.2, 0) is 5.60 Å². The fourth-order valence-corrected chi connectivity index (χ4v) is 2.22. The third kappa shape index (κ3) is 1.45. The molecule has 0 atom stereocenters. The molecule has 12 heavy (non-hydrogen) atoms. The third-order valence-electron chi connectivity index (χ3n) is 2.15. The number of rotatable bonds is 1. The average molecular weight is 292 g/mol. The number of halogens is 2. The van der Waals surface area contributed by atoms with Crippen molar-refractivity contribution >= 4 is 31.9 Å². The Morgan fingerprint density at radius 3 is 2.50 bits per heavy atom. The highest BCUT2D eigenvalue weighted by Gasteiger charge is 2.43. The van der Waals surface area contributed by atoms with Crippen molar-refractivity contribution in [2.75, 3.05) is 0 Å². The zero-order chi connectivity index (χ0) is 8.77. The topological polar surface area (TPSA) is 20.2 Å². The molecule has 64 valence electrons. The number of hydrogen-bond acceptors (Lipinski definition) is 1. The van der Waals surface area contributed by atoms with Gasteiger partial charge in [-0.25, -0.2) is 0 Å². The first-order valence-corrected chi connectivity index (χ1v) is 5.38. The molecule has 1 saturated carbocycles. The Kier molecular flexibility index (Phi) is 2.05. The second kappa shape index (κ2) is 2.82. The molecule has 1 aliphatic carbocycles. The first kappa shape index (κ1) is 8.73. The Morgan fingerprint density at radius 2 is 1.92 bits per heavy atom. The second-order valence-electron chi connectivity index (χ2n) is 3.16. The Hall–Kier alpha value is 0.140. The fourth-order valence-electron chi connectivity index (χ4n) is 1.24. The van der Waals surface area contributed by atoms with Crippen molar-refractivity contribution in [3.8, 4) is 0 Å². The van der Waals surface area contributed by atoms with Gasteiger partial charge in [-0.1, -0.05) is 31.9 Å². The van der Waals surface area contributed by atoms with Gasteiger partial charge in [0, 0.05) is 8.95 Å². The lowest BCUT2D eigenvalue weighted by molar-refractivity contribution is 0.150. The summed E-state index contributed by atoms with van der Waals surface area (Å²) in [5.41, 5.74) is 0.444. The molecule has 0 unspecified atom stereocenters. The minimum atomic E-state index is -0.553. The van der Waals surface area contributed by atoms with Crippen molar-refractivity contribution in [1.29, 1.82) is 0 Å². The zero-order valence-electron chi connectivity index (χ0n) is 6.35. The van der Waals surface area contributed by atoms with Gasteiger partial charge in [-0.15, -0.1) is 0 Å². The summed E-state index contributed by atoms with van der Waals surface area (Å²) < 4.78 is 2.01. The van der Waals surface area contributed by atoms with Crippen LogP contribution in [0.15, 0.2) is 27.1 Å². The maximum Gasteiger partial charge on any atom is 0.0910 e. The van der Waals surface area contributed by atoms with Crippen LogP contribution in [0.3, 0.4) is 0 Å². The van der Waals surface area contributed by atoms with Crippen LogP contribution in [0.4, 0.5) is 0 Å². The van der Waals surface area contributed by atoms with Gasteiger partial charge in [-0.05, 0) is 36.6 Å². The Labute approximate surface area is 88.0 Å². The molecule has 0 aliphatic heterocycles. The summed E-state index contributed by atoms with van der Waals surface area (Å²) in [5.74, 6) is 0. The summed E-state index contributed by atoms with van der Waals surface area (Å²) in [6.07, 6.45) is 1.75. The van der Waals surface area contributed by atoms with Crippen LogP contribution in [0.5, 0.6) is 0 Å². The minimum absolute atomic E-state index is 0.553. The van der Waals surface area contributed by atoms with E-state index < -0.39 is 5.60 Å². The van der Waals surface area contributed by atoms with Crippen molar-refractivity contribution in [2.45, 2.75) is 18.4 Å². The Morgan fingerprint density at radius 1 is 1.25 bits per heavy atom. The maximum atomic E-state index is 9.85. The highest BCUT2D eigenvalue weighted by molar-refractivity contribution is 9.11. The molecule has 2 rings (SSSR count). The van der Waals surface area contributed by atoms with Gasteiger partial charge in [0.25, 0.3) is 0 Å². The molecular formula is C9H8Br2O. The van der Waals surface area contributed by atoms with Crippen molar-refractivity contribution in [3.05, 3.63) is 32.7 Å². The van der Waals surface area contributed by atoms with Gasteiger partial charge in [0.05, 0.1) is 5.60 Å². The van der Waals surface area contributed by atoms with E-state index >= 15 is 0 Å². The molecule has 0 amide bonds. The van der Waals surface area contributed by atoms with Crippen molar-refractivity contribution in [2.24, 2.45) is 0 Å². The zero-order valence-corrected chi connectivity index (χ0v) is 9.52. The molecule has 0 heterocycles. The van der Waals surface area contributed by atoms with E-state index in [1.54, 1.807) is 0 Å². The SMILES string of the molecule is OC1(c2cc(Br)ccc2Br)CC1. The van der Waals surface area contributed by atoms with Crippen LogP contribution < -0.4 is 0 Å². The molecular weight excluding hydrogens is 284 g/mol. The molecule has 3 heteroatoms. The summed E-state index contributed by atoms with van der Waals surface area (Å²) in [6.45, 7) is 0. The van der Waals surface area contributed by atoms with Gasteiger partial charge in [-0.3, -0.25) is 0 Å². The summed E-state index contributed by atoms with van der Waals surface area (Å²) in [5, 5.41) is 9.85. The summed E-state index contributed by atoms with van der Waals surface area (Å²) >= 11 is 6.81. The molecule has 1 N–H and O–H groups in total. The highest BCUT2D eigenvalue weighted by Crippen LogP contribution is 2.48. The molecule has 1 aromatic carbocycles. The maximum absolute atomic E-state index is 9.85. The van der Waals surface area contributed by atoms with Gasteiger partial charge in [0.15, 0.2) is 0 Å². The van der Waals surface area contributed by atoms with Crippen LogP contribution in [0.2, 0.25) is 0 Å². The van der Waals surface area contributed by atoms with E-state index in [4.69, 9.17) is 0 Å². The van der Waals surface area contributed by atoms with Crippen LogP contribution in [0.1, 0.15) is 18.4 Å². The average Bonchev–Trinajstić information content (AvgIpc) is 2.75. The predicted octanol–water partition coefficient (Wildman–Crippen LogP) is 3.19. The predicted molar refractivity (Wildman–Crippen MR) is 55.0 cm³/mol. The van der Waals surface area contributed by atoms with Crippen molar-refractivity contribution in [3.63, 3.8) is 0 Å². The van der Waals surface area contributed by atoms with Crippen LogP contribution in [0.25, 0.3) is 0 Å². The Balaban J connectivity index is 2.48. The minimum Gasteiger partial charge on any atom is -0.385 e. The largest absolute Gasteiger partial charge is 0.385 e. The summed E-state index contributed by atoms with van der Waals surface area (Å²) in [6, 6.07) is 5.88. The van der Waals surface area contributed by atoms with Gasteiger partial charge >= 0.3 is 0 Å². The van der Waals surface area contributed by atoms with E-state index in [9.17, 15) is 5.11 Å². The molecule has 1 aromatic rings. The first-order chi connectivity index (χ1) is 5.62. The number of hydrogen-bond donors (Lipinski definition) is 1. The van der Waals surface area contributed by atoms with E-state index in [-0.39, 0.29) is 0 Å². The highest BCUT2D eigenvalue weighted by atomic mass is 79.9. The molecule has 1 nitrogen and oxygen atoms in total. The lowest BCUT2D eigenvalue weighted by Crippen LogP contribution is -2.04. The van der Waals surface area contributed by atoms with Crippen molar-refractivity contribution < 1.29 is 5.11 Å². The lowest BCUT2D eigenvalue weighted by atomic mass is 10.1. The van der Waals surface area contributed by atoms with E-state index in [1.807, 2.05) is 18.2 Å². The molecule has 0 bridgehead atoms. The van der Waals surface area contributed by atoms with Gasteiger partial charge in [-0.2, -0.15) is 0 Å². The van der Waals surface area contributed by atoms with Gasteiger partial charge < -0.3 is 5.11 Å². The van der Waals surface area contributed by atoms with Crippen molar-refractivity contribution in [1.82, 2.24) is 0 Å². The monoisotopic (exact) mass is 290 g/mol. The second-order valence-corrected chi connectivity index (χ2v) is 4.93. The molecule has 0 saturated heterocycles. The van der Waals surface area contributed by atoms with E-state index in [0.717, 1.165) is 27.4 Å². The van der Waals surface area contributed by atoms with Gasteiger partial charge in [0.2, 0.25) is 0 Å². The van der Waals surface area contributed by atoms with E-state index in [1.165, 1.54) is 0 Å². The standard InChI is InChI=1S/C9H8Br2O/c10-6-1-2-8(11)7(5-6)9(12)3-4-9/h1-2,5,12H,3-4H2. The van der Waals surface area contributed by atoms with E-state index in [0.29, 0.717) is 0 Å². The van der Waals surface area contributed by atoms with Crippen LogP contribution in [-0.4, -0.2) is 5.11 Å². The quantitative estimate of drug-likeness (QED) is 0.842. The van der Waals surface area contributed by atoms with E-state index in [2.05, 4.69) is 31.9 Å². The fraction of sp³-hybridized carbons (Fsp3) is 0.333. The Bertz CT molecular complexity index is 318. The first-order valence-electron chi connectivity index (χ1n) is 3.80. The molecule has 1 aliphatic rings.